The van der Waals surface area contributed by atoms with Gasteiger partial charge in [-0.25, -0.2) is 0 Å². The highest BCUT2D eigenvalue weighted by Crippen LogP contribution is 2.39. The second-order valence-electron chi connectivity index (χ2n) is 4.70. The van der Waals surface area contributed by atoms with Gasteiger partial charge in [0.05, 0.1) is 10.8 Å². The Labute approximate surface area is 130 Å². The van der Waals surface area contributed by atoms with Crippen LogP contribution in [0.5, 0.6) is 0 Å². The molecule has 0 aliphatic carbocycles. The number of hydrogen-bond donors (Lipinski definition) is 1. The number of aliphatic hydroxyl groups is 1. The van der Waals surface area contributed by atoms with E-state index in [9.17, 15) is 9.90 Å². The highest BCUT2D eigenvalue weighted by atomic mass is 35.5. The summed E-state index contributed by atoms with van der Waals surface area (Å²) in [7, 11) is 1.75. The van der Waals surface area contributed by atoms with Crippen molar-refractivity contribution in [3.8, 4) is 0 Å². The van der Waals surface area contributed by atoms with E-state index in [0.29, 0.717) is 26.2 Å². The quantitative estimate of drug-likeness (QED) is 0.914. The number of carbonyl (C=O) groups excluding carboxylic acids is 1. The molecule has 1 unspecified atom stereocenters. The maximum atomic E-state index is 11.7. The third-order valence-electron chi connectivity index (χ3n) is 3.47. The molecule has 3 rings (SSSR count). The number of halogens is 2. The molecule has 3 nitrogen and oxygen atoms in total. The highest BCUT2D eigenvalue weighted by Gasteiger charge is 2.25. The Morgan fingerprint density at radius 3 is 2.75 bits per heavy atom. The first-order valence-corrected chi connectivity index (χ1v) is 7.57. The van der Waals surface area contributed by atoms with Crippen LogP contribution in [0.4, 0.5) is 5.69 Å². The number of likely N-dealkylation sites (N-methyl/N-ethyl adjacent to an activating group) is 1. The average Bonchev–Trinajstić information content (AvgIpc) is 2.89. The van der Waals surface area contributed by atoms with Gasteiger partial charge in [0.2, 0.25) is 5.91 Å². The van der Waals surface area contributed by atoms with Gasteiger partial charge in [-0.05, 0) is 23.3 Å². The van der Waals surface area contributed by atoms with Crippen LogP contribution in [0.1, 0.15) is 22.8 Å². The molecule has 1 aromatic carbocycles. The van der Waals surface area contributed by atoms with Gasteiger partial charge < -0.3 is 10.0 Å². The van der Waals surface area contributed by atoms with Crippen molar-refractivity contribution in [1.29, 1.82) is 0 Å². The number of aliphatic hydroxyl groups excluding tert-OH is 1. The van der Waals surface area contributed by atoms with Gasteiger partial charge in [0, 0.05) is 18.3 Å². The van der Waals surface area contributed by atoms with Crippen LogP contribution in [0.2, 0.25) is 8.67 Å². The molecule has 1 aromatic heterocycles. The number of amides is 1. The van der Waals surface area contributed by atoms with Crippen molar-refractivity contribution in [2.75, 3.05) is 11.9 Å². The molecule has 2 heterocycles. The first-order valence-electron chi connectivity index (χ1n) is 5.99. The van der Waals surface area contributed by atoms with Crippen LogP contribution in [0.25, 0.3) is 0 Å². The van der Waals surface area contributed by atoms with Gasteiger partial charge in [-0.1, -0.05) is 35.3 Å². The number of rotatable bonds is 2. The SMILES string of the molecule is CN1C(=O)Cc2cc(C(O)c3cc(Cl)sc3Cl)ccc21. The molecule has 20 heavy (non-hydrogen) atoms. The lowest BCUT2D eigenvalue weighted by atomic mass is 10.0. The van der Waals surface area contributed by atoms with Crippen molar-refractivity contribution in [2.24, 2.45) is 0 Å². The van der Waals surface area contributed by atoms with Crippen molar-refractivity contribution < 1.29 is 9.90 Å². The minimum absolute atomic E-state index is 0.0586. The first-order chi connectivity index (χ1) is 9.47. The summed E-state index contributed by atoms with van der Waals surface area (Å²) >= 11 is 13.2. The second kappa shape index (κ2) is 5.04. The fourth-order valence-electron chi connectivity index (χ4n) is 2.38. The highest BCUT2D eigenvalue weighted by molar-refractivity contribution is 7.20. The summed E-state index contributed by atoms with van der Waals surface area (Å²) in [5.74, 6) is 0.0586. The zero-order chi connectivity index (χ0) is 14.4. The van der Waals surface area contributed by atoms with E-state index in [0.717, 1.165) is 11.3 Å². The van der Waals surface area contributed by atoms with E-state index in [1.165, 1.54) is 11.3 Å². The van der Waals surface area contributed by atoms with Gasteiger partial charge in [-0.2, -0.15) is 0 Å². The molecule has 0 fully saturated rings. The molecule has 6 heteroatoms. The van der Waals surface area contributed by atoms with Gasteiger partial charge in [-0.3, -0.25) is 4.79 Å². The zero-order valence-corrected chi connectivity index (χ0v) is 12.9. The van der Waals surface area contributed by atoms with E-state index in [4.69, 9.17) is 23.2 Å². The lowest BCUT2D eigenvalue weighted by Crippen LogP contribution is -2.20. The standard InChI is InChI=1S/C14H11Cl2NO2S/c1-17-10-3-2-7(4-8(10)5-12(17)18)13(19)9-6-11(15)20-14(9)16/h2-4,6,13,19H,5H2,1H3. The molecule has 104 valence electrons. The first kappa shape index (κ1) is 13.9. The van der Waals surface area contributed by atoms with E-state index in [1.807, 2.05) is 12.1 Å². The maximum absolute atomic E-state index is 11.7. The van der Waals surface area contributed by atoms with E-state index >= 15 is 0 Å². The Morgan fingerprint density at radius 2 is 2.10 bits per heavy atom. The number of anilines is 1. The number of benzene rings is 1. The van der Waals surface area contributed by atoms with Crippen molar-refractivity contribution >= 4 is 46.1 Å². The largest absolute Gasteiger partial charge is 0.384 e. The molecule has 1 N–H and O–H groups in total. The van der Waals surface area contributed by atoms with Crippen LogP contribution >= 0.6 is 34.5 Å². The number of fused-ring (bicyclic) bond motifs is 1. The van der Waals surface area contributed by atoms with Gasteiger partial charge in [0.15, 0.2) is 0 Å². The molecular formula is C14H11Cl2NO2S. The molecule has 2 aromatic rings. The van der Waals surface area contributed by atoms with E-state index < -0.39 is 6.10 Å². The second-order valence-corrected chi connectivity index (χ2v) is 6.99. The van der Waals surface area contributed by atoms with Crippen LogP contribution in [0.15, 0.2) is 24.3 Å². The van der Waals surface area contributed by atoms with Crippen molar-refractivity contribution in [1.82, 2.24) is 0 Å². The number of nitrogens with zero attached hydrogens (tertiary/aromatic N) is 1. The van der Waals surface area contributed by atoms with Gasteiger partial charge in [0.25, 0.3) is 0 Å². The third kappa shape index (κ3) is 2.23. The Kier molecular flexibility index (Phi) is 3.50. The van der Waals surface area contributed by atoms with E-state index in [2.05, 4.69) is 0 Å². The normalized spacial score (nSPS) is 15.6. The number of carbonyl (C=O) groups is 1. The molecule has 1 amide bonds. The third-order valence-corrected chi connectivity index (χ3v) is 4.99. The Hall–Kier alpha value is -1.07. The van der Waals surface area contributed by atoms with Crippen molar-refractivity contribution in [2.45, 2.75) is 12.5 Å². The van der Waals surface area contributed by atoms with Crippen LogP contribution in [-0.2, 0) is 11.2 Å². The fourth-order valence-corrected chi connectivity index (χ4v) is 3.90. The predicted octanol–water partition coefficient (Wildman–Crippen LogP) is 3.66. The maximum Gasteiger partial charge on any atom is 0.231 e. The van der Waals surface area contributed by atoms with E-state index in [1.54, 1.807) is 24.1 Å². The van der Waals surface area contributed by atoms with Gasteiger partial charge in [0.1, 0.15) is 10.4 Å². The molecular weight excluding hydrogens is 317 g/mol. The molecule has 1 aliphatic rings. The summed E-state index contributed by atoms with van der Waals surface area (Å²) in [4.78, 5) is 13.3. The van der Waals surface area contributed by atoms with Crippen LogP contribution in [0.3, 0.4) is 0 Å². The van der Waals surface area contributed by atoms with Crippen molar-refractivity contribution in [3.63, 3.8) is 0 Å². The molecule has 0 radical (unpaired) electrons. The number of thiophene rings is 1. The van der Waals surface area contributed by atoms with Crippen molar-refractivity contribution in [3.05, 3.63) is 49.6 Å². The average molecular weight is 328 g/mol. The van der Waals surface area contributed by atoms with Crippen LogP contribution in [-0.4, -0.2) is 18.1 Å². The smallest absolute Gasteiger partial charge is 0.231 e. The van der Waals surface area contributed by atoms with Crippen LogP contribution in [0, 0.1) is 0 Å². The monoisotopic (exact) mass is 327 g/mol. The summed E-state index contributed by atoms with van der Waals surface area (Å²) in [6.07, 6.45) is -0.470. The lowest BCUT2D eigenvalue weighted by Gasteiger charge is -2.13. The predicted molar refractivity (Wildman–Crippen MR) is 82.0 cm³/mol. The lowest BCUT2D eigenvalue weighted by molar-refractivity contribution is -0.117. The molecule has 0 spiro atoms. The summed E-state index contributed by atoms with van der Waals surface area (Å²) in [5.41, 5.74) is 3.12. The fraction of sp³-hybridized carbons (Fsp3) is 0.214. The van der Waals surface area contributed by atoms with Crippen LogP contribution < -0.4 is 4.90 Å². The minimum atomic E-state index is -0.836. The number of hydrogen-bond acceptors (Lipinski definition) is 3. The summed E-state index contributed by atoms with van der Waals surface area (Å²) in [6.45, 7) is 0. The Bertz CT molecular complexity index is 698. The summed E-state index contributed by atoms with van der Waals surface area (Å²) in [5, 5.41) is 10.4. The molecule has 1 aliphatic heterocycles. The zero-order valence-electron chi connectivity index (χ0n) is 10.6. The summed E-state index contributed by atoms with van der Waals surface area (Å²) in [6, 6.07) is 7.17. The Morgan fingerprint density at radius 1 is 1.35 bits per heavy atom. The van der Waals surface area contributed by atoms with E-state index in [-0.39, 0.29) is 5.91 Å². The summed E-state index contributed by atoms with van der Waals surface area (Å²) < 4.78 is 1.02. The Balaban J connectivity index is 1.98. The topological polar surface area (TPSA) is 40.5 Å². The molecule has 0 saturated carbocycles. The minimum Gasteiger partial charge on any atom is -0.384 e. The molecule has 1 atom stereocenters. The molecule has 0 bridgehead atoms. The van der Waals surface area contributed by atoms with Gasteiger partial charge in [-0.15, -0.1) is 11.3 Å². The van der Waals surface area contributed by atoms with Gasteiger partial charge >= 0.3 is 0 Å². The molecule has 0 saturated heterocycles.